The molecule has 0 spiro atoms. The molecule has 0 aliphatic carbocycles. The summed E-state index contributed by atoms with van der Waals surface area (Å²) in [6.07, 6.45) is -0.473. The van der Waals surface area contributed by atoms with Crippen LogP contribution in [0.15, 0.2) is 0 Å². The normalized spacial score (nSPS) is 11.6. The summed E-state index contributed by atoms with van der Waals surface area (Å²) in [5.41, 5.74) is 2.20. The standard InChI is InChI=1S/C15H21N3O4/c1-9-13(11(3)19)10(2)17-14(9)15(21)22-8-12(20)18(4)7-5-6-16/h11,17,19H,5,7-8H2,1-4H3/t11-/m0/s1. The van der Waals surface area contributed by atoms with Crippen molar-refractivity contribution in [2.75, 3.05) is 20.2 Å². The van der Waals surface area contributed by atoms with E-state index in [1.807, 2.05) is 6.07 Å². The second kappa shape index (κ2) is 7.61. The Bertz CT molecular complexity index is 599. The van der Waals surface area contributed by atoms with Crippen molar-refractivity contribution in [3.05, 3.63) is 22.5 Å². The van der Waals surface area contributed by atoms with E-state index in [2.05, 4.69) is 4.98 Å². The number of nitrogens with zero attached hydrogens (tertiary/aromatic N) is 2. The molecule has 0 fully saturated rings. The Morgan fingerprint density at radius 2 is 2.09 bits per heavy atom. The van der Waals surface area contributed by atoms with Gasteiger partial charge in [0.05, 0.1) is 18.6 Å². The van der Waals surface area contributed by atoms with E-state index in [-0.39, 0.29) is 24.6 Å². The van der Waals surface area contributed by atoms with Gasteiger partial charge >= 0.3 is 5.97 Å². The number of hydrogen-bond donors (Lipinski definition) is 2. The third kappa shape index (κ3) is 4.09. The molecule has 1 aromatic rings. The van der Waals surface area contributed by atoms with Crippen molar-refractivity contribution in [3.8, 4) is 6.07 Å². The van der Waals surface area contributed by atoms with Gasteiger partial charge in [0.2, 0.25) is 0 Å². The number of aromatic nitrogens is 1. The molecule has 0 saturated heterocycles. The van der Waals surface area contributed by atoms with Crippen molar-refractivity contribution in [1.82, 2.24) is 9.88 Å². The Balaban J connectivity index is 2.69. The van der Waals surface area contributed by atoms with Crippen LogP contribution in [0.1, 0.15) is 46.8 Å². The van der Waals surface area contributed by atoms with E-state index < -0.39 is 12.1 Å². The summed E-state index contributed by atoms with van der Waals surface area (Å²) in [6.45, 7) is 4.99. The molecule has 1 heterocycles. The molecule has 1 amide bonds. The summed E-state index contributed by atoms with van der Waals surface area (Å²) in [6, 6.07) is 1.94. The third-order valence-electron chi connectivity index (χ3n) is 3.43. The summed E-state index contributed by atoms with van der Waals surface area (Å²) in [5.74, 6) is -1.02. The van der Waals surface area contributed by atoms with E-state index in [1.165, 1.54) is 4.90 Å². The van der Waals surface area contributed by atoms with Crippen molar-refractivity contribution >= 4 is 11.9 Å². The van der Waals surface area contributed by atoms with Gasteiger partial charge in [0.15, 0.2) is 6.61 Å². The molecule has 7 heteroatoms. The fraction of sp³-hybridized carbons (Fsp3) is 0.533. The molecule has 0 bridgehead atoms. The molecule has 22 heavy (non-hydrogen) atoms. The van der Waals surface area contributed by atoms with E-state index in [0.29, 0.717) is 23.4 Å². The molecule has 0 unspecified atom stereocenters. The lowest BCUT2D eigenvalue weighted by Crippen LogP contribution is -2.32. The quantitative estimate of drug-likeness (QED) is 0.768. The largest absolute Gasteiger partial charge is 0.451 e. The van der Waals surface area contributed by atoms with Gasteiger partial charge in [0.1, 0.15) is 5.69 Å². The number of hydrogen-bond acceptors (Lipinski definition) is 5. The van der Waals surface area contributed by atoms with Crippen LogP contribution in [0.5, 0.6) is 0 Å². The smallest absolute Gasteiger partial charge is 0.355 e. The topological polar surface area (TPSA) is 106 Å². The predicted molar refractivity (Wildman–Crippen MR) is 79.1 cm³/mol. The number of esters is 1. The lowest BCUT2D eigenvalue weighted by molar-refractivity contribution is -0.133. The van der Waals surface area contributed by atoms with Crippen LogP contribution in [0.3, 0.4) is 0 Å². The van der Waals surface area contributed by atoms with Crippen LogP contribution in [0.4, 0.5) is 0 Å². The number of aryl methyl sites for hydroxylation is 1. The zero-order valence-corrected chi connectivity index (χ0v) is 13.3. The van der Waals surface area contributed by atoms with Gasteiger partial charge in [-0.15, -0.1) is 0 Å². The number of amides is 1. The Hall–Kier alpha value is -2.33. The minimum absolute atomic E-state index is 0.225. The van der Waals surface area contributed by atoms with Crippen LogP contribution in [-0.4, -0.2) is 47.1 Å². The molecule has 1 aromatic heterocycles. The number of likely N-dealkylation sites (N-methyl/N-ethyl adjacent to an activating group) is 1. The molecular formula is C15H21N3O4. The van der Waals surface area contributed by atoms with Crippen LogP contribution in [-0.2, 0) is 9.53 Å². The molecular weight excluding hydrogens is 286 g/mol. The monoisotopic (exact) mass is 307 g/mol. The van der Waals surface area contributed by atoms with E-state index >= 15 is 0 Å². The van der Waals surface area contributed by atoms with Gasteiger partial charge in [0.25, 0.3) is 5.91 Å². The van der Waals surface area contributed by atoms with Crippen LogP contribution < -0.4 is 0 Å². The van der Waals surface area contributed by atoms with Crippen LogP contribution in [0.25, 0.3) is 0 Å². The summed E-state index contributed by atoms with van der Waals surface area (Å²) < 4.78 is 4.99. The summed E-state index contributed by atoms with van der Waals surface area (Å²) >= 11 is 0. The second-order valence-corrected chi connectivity index (χ2v) is 5.14. The van der Waals surface area contributed by atoms with E-state index in [4.69, 9.17) is 10.00 Å². The molecule has 0 aromatic carbocycles. The summed E-state index contributed by atoms with van der Waals surface area (Å²) in [7, 11) is 1.54. The van der Waals surface area contributed by atoms with Crippen LogP contribution >= 0.6 is 0 Å². The number of rotatable bonds is 6. The highest BCUT2D eigenvalue weighted by Crippen LogP contribution is 2.24. The Morgan fingerprint density at radius 1 is 1.45 bits per heavy atom. The highest BCUT2D eigenvalue weighted by molar-refractivity contribution is 5.91. The Labute approximate surface area is 129 Å². The number of carbonyl (C=O) groups is 2. The zero-order chi connectivity index (χ0) is 16.9. The van der Waals surface area contributed by atoms with Crippen molar-refractivity contribution in [3.63, 3.8) is 0 Å². The van der Waals surface area contributed by atoms with Gasteiger partial charge in [0, 0.05) is 24.8 Å². The molecule has 1 atom stereocenters. The molecule has 0 aliphatic heterocycles. The number of carbonyl (C=O) groups excluding carboxylic acids is 2. The van der Waals surface area contributed by atoms with Crippen LogP contribution in [0, 0.1) is 25.2 Å². The zero-order valence-electron chi connectivity index (χ0n) is 13.3. The average molecular weight is 307 g/mol. The number of aromatic amines is 1. The third-order valence-corrected chi connectivity index (χ3v) is 3.43. The lowest BCUT2D eigenvalue weighted by Gasteiger charge is -2.15. The van der Waals surface area contributed by atoms with Crippen LogP contribution in [0.2, 0.25) is 0 Å². The lowest BCUT2D eigenvalue weighted by atomic mass is 10.1. The van der Waals surface area contributed by atoms with Crippen molar-refractivity contribution in [1.29, 1.82) is 5.26 Å². The number of nitrogens with one attached hydrogen (secondary N) is 1. The first kappa shape index (κ1) is 17.7. The van der Waals surface area contributed by atoms with E-state index in [1.54, 1.807) is 27.8 Å². The summed E-state index contributed by atoms with van der Waals surface area (Å²) in [4.78, 5) is 28.0. The first-order valence-corrected chi connectivity index (χ1v) is 6.94. The van der Waals surface area contributed by atoms with Gasteiger partial charge < -0.3 is 19.7 Å². The molecule has 0 radical (unpaired) electrons. The van der Waals surface area contributed by atoms with Gasteiger partial charge in [-0.25, -0.2) is 4.79 Å². The van der Waals surface area contributed by atoms with Gasteiger partial charge in [-0.2, -0.15) is 5.26 Å². The number of aliphatic hydroxyl groups is 1. The summed E-state index contributed by atoms with van der Waals surface area (Å²) in [5, 5.41) is 18.2. The first-order valence-electron chi connectivity index (χ1n) is 6.94. The van der Waals surface area contributed by atoms with E-state index in [0.717, 1.165) is 0 Å². The molecule has 1 rings (SSSR count). The number of ether oxygens (including phenoxy) is 1. The highest BCUT2D eigenvalue weighted by atomic mass is 16.5. The van der Waals surface area contributed by atoms with Gasteiger partial charge in [-0.3, -0.25) is 4.79 Å². The van der Waals surface area contributed by atoms with Gasteiger partial charge in [-0.05, 0) is 26.3 Å². The number of aliphatic hydroxyl groups excluding tert-OH is 1. The second-order valence-electron chi connectivity index (χ2n) is 5.14. The molecule has 0 saturated carbocycles. The molecule has 7 nitrogen and oxygen atoms in total. The Kier molecular flexibility index (Phi) is 6.13. The fourth-order valence-electron chi connectivity index (χ4n) is 2.25. The highest BCUT2D eigenvalue weighted by Gasteiger charge is 2.22. The SMILES string of the molecule is Cc1[nH]c(C(=O)OCC(=O)N(C)CCC#N)c(C)c1[C@H](C)O. The predicted octanol–water partition coefficient (Wildman–Crippen LogP) is 1.21. The molecule has 120 valence electrons. The maximum absolute atomic E-state index is 12.0. The number of H-pyrrole nitrogens is 1. The fourth-order valence-corrected chi connectivity index (χ4v) is 2.25. The van der Waals surface area contributed by atoms with Crippen molar-refractivity contribution in [2.24, 2.45) is 0 Å². The average Bonchev–Trinajstić information content (AvgIpc) is 2.76. The minimum Gasteiger partial charge on any atom is -0.451 e. The van der Waals surface area contributed by atoms with Crippen molar-refractivity contribution < 1.29 is 19.4 Å². The number of nitriles is 1. The maximum atomic E-state index is 12.0. The minimum atomic E-state index is -0.698. The molecule has 2 N–H and O–H groups in total. The van der Waals surface area contributed by atoms with Crippen molar-refractivity contribution in [2.45, 2.75) is 33.3 Å². The van der Waals surface area contributed by atoms with E-state index in [9.17, 15) is 14.7 Å². The van der Waals surface area contributed by atoms with Gasteiger partial charge in [-0.1, -0.05) is 0 Å². The Morgan fingerprint density at radius 3 is 2.59 bits per heavy atom. The maximum Gasteiger partial charge on any atom is 0.355 e. The first-order chi connectivity index (χ1) is 10.3. The molecule has 0 aliphatic rings.